The third-order valence-corrected chi connectivity index (χ3v) is 6.79. The van der Waals surface area contributed by atoms with Gasteiger partial charge in [0.1, 0.15) is 0 Å². The lowest BCUT2D eigenvalue weighted by atomic mass is 9.82. The molecular weight excluding hydrogens is 378 g/mol. The largest absolute Gasteiger partial charge is 0.358 e. The SMILES string of the molecule is O=C1CCCC2=C1C(c1cccs1)Cc1ccc(C(=O)c3ccccc3)cc1N2. The fourth-order valence-corrected chi connectivity index (χ4v) is 5.22. The minimum absolute atomic E-state index is 0.0168. The van der Waals surface area contributed by atoms with Crippen molar-refractivity contribution in [3.63, 3.8) is 0 Å². The lowest BCUT2D eigenvalue weighted by molar-refractivity contribution is -0.116. The van der Waals surface area contributed by atoms with Gasteiger partial charge in [0, 0.05) is 45.3 Å². The zero-order chi connectivity index (χ0) is 19.8. The third kappa shape index (κ3) is 3.34. The van der Waals surface area contributed by atoms with Gasteiger partial charge in [0.2, 0.25) is 0 Å². The number of hydrogen-bond donors (Lipinski definition) is 1. The number of hydrogen-bond acceptors (Lipinski definition) is 4. The molecule has 0 radical (unpaired) electrons. The smallest absolute Gasteiger partial charge is 0.193 e. The first kappa shape index (κ1) is 18.1. The van der Waals surface area contributed by atoms with Crippen molar-refractivity contribution in [2.45, 2.75) is 31.6 Å². The van der Waals surface area contributed by atoms with Gasteiger partial charge in [0.25, 0.3) is 0 Å². The van der Waals surface area contributed by atoms with E-state index in [9.17, 15) is 9.59 Å². The Balaban J connectivity index is 1.58. The number of anilines is 1. The van der Waals surface area contributed by atoms with Crippen molar-refractivity contribution in [3.8, 4) is 0 Å². The predicted octanol–water partition coefficient (Wildman–Crippen LogP) is 5.74. The Morgan fingerprint density at radius 1 is 0.966 bits per heavy atom. The molecular formula is C25H21NO2S. The number of allylic oxidation sites excluding steroid dienone is 2. The average Bonchev–Trinajstić information content (AvgIpc) is 3.22. The molecule has 29 heavy (non-hydrogen) atoms. The molecule has 1 unspecified atom stereocenters. The minimum Gasteiger partial charge on any atom is -0.358 e. The van der Waals surface area contributed by atoms with Gasteiger partial charge in [0.15, 0.2) is 11.6 Å². The first-order valence-corrected chi connectivity index (χ1v) is 10.9. The van der Waals surface area contributed by atoms with Gasteiger partial charge < -0.3 is 5.32 Å². The molecule has 0 spiro atoms. The lowest BCUT2D eigenvalue weighted by Gasteiger charge is -2.23. The number of ketones is 2. The van der Waals surface area contributed by atoms with E-state index in [2.05, 4.69) is 16.8 Å². The zero-order valence-corrected chi connectivity index (χ0v) is 16.8. The topological polar surface area (TPSA) is 46.2 Å². The van der Waals surface area contributed by atoms with Crippen LogP contribution in [0.4, 0.5) is 5.69 Å². The van der Waals surface area contributed by atoms with Crippen molar-refractivity contribution in [1.29, 1.82) is 0 Å². The molecule has 144 valence electrons. The first-order valence-electron chi connectivity index (χ1n) is 10.00. The molecule has 2 aromatic carbocycles. The predicted molar refractivity (Wildman–Crippen MR) is 117 cm³/mol. The number of Topliss-reactive ketones (excluding diaryl/α,β-unsaturated/α-hetero) is 1. The summed E-state index contributed by atoms with van der Waals surface area (Å²) in [5, 5.41) is 5.61. The van der Waals surface area contributed by atoms with E-state index in [1.165, 1.54) is 4.88 Å². The number of thiophene rings is 1. The van der Waals surface area contributed by atoms with Crippen molar-refractivity contribution in [2.24, 2.45) is 0 Å². The Hall–Kier alpha value is -2.98. The summed E-state index contributed by atoms with van der Waals surface area (Å²) in [5.41, 5.74) is 5.42. The van der Waals surface area contributed by atoms with Gasteiger partial charge in [-0.2, -0.15) is 0 Å². The molecule has 1 aliphatic heterocycles. The molecule has 5 rings (SSSR count). The summed E-state index contributed by atoms with van der Waals surface area (Å²) in [6.45, 7) is 0. The van der Waals surface area contributed by atoms with Gasteiger partial charge in [-0.3, -0.25) is 9.59 Å². The van der Waals surface area contributed by atoms with Crippen LogP contribution in [0.15, 0.2) is 77.3 Å². The molecule has 2 aliphatic rings. The summed E-state index contributed by atoms with van der Waals surface area (Å²) in [7, 11) is 0. The highest BCUT2D eigenvalue weighted by Gasteiger charge is 2.32. The normalized spacial score (nSPS) is 18.5. The maximum atomic E-state index is 12.9. The number of nitrogens with one attached hydrogen (secondary N) is 1. The first-order chi connectivity index (χ1) is 14.2. The van der Waals surface area contributed by atoms with E-state index < -0.39 is 0 Å². The molecule has 0 bridgehead atoms. The van der Waals surface area contributed by atoms with E-state index in [4.69, 9.17) is 0 Å². The fraction of sp³-hybridized carbons (Fsp3) is 0.200. The molecule has 4 heteroatoms. The summed E-state index contributed by atoms with van der Waals surface area (Å²) in [5.74, 6) is 0.357. The Bertz CT molecular complexity index is 1110. The quantitative estimate of drug-likeness (QED) is 0.572. The van der Waals surface area contributed by atoms with Gasteiger partial charge in [0.05, 0.1) is 0 Å². The summed E-state index contributed by atoms with van der Waals surface area (Å²) >= 11 is 1.71. The van der Waals surface area contributed by atoms with Crippen molar-refractivity contribution in [2.75, 3.05) is 5.32 Å². The molecule has 1 aliphatic carbocycles. The van der Waals surface area contributed by atoms with Crippen LogP contribution in [-0.2, 0) is 11.2 Å². The second-order valence-corrected chi connectivity index (χ2v) is 8.61. The second kappa shape index (κ2) is 7.45. The minimum atomic E-state index is 0.0168. The standard InChI is InChI=1S/C25H21NO2S/c27-22-9-4-8-20-24(22)19(23-10-5-13-29-23)14-17-11-12-18(15-21(17)26-20)25(28)16-6-2-1-3-7-16/h1-3,5-7,10-13,15,19,26H,4,8-9,14H2. The number of benzene rings is 2. The van der Waals surface area contributed by atoms with E-state index in [-0.39, 0.29) is 17.5 Å². The van der Waals surface area contributed by atoms with Crippen LogP contribution in [0, 0.1) is 0 Å². The van der Waals surface area contributed by atoms with Crippen molar-refractivity contribution in [3.05, 3.63) is 98.9 Å². The summed E-state index contributed by atoms with van der Waals surface area (Å²) in [6.07, 6.45) is 3.14. The van der Waals surface area contributed by atoms with Crippen LogP contribution in [0.25, 0.3) is 0 Å². The Morgan fingerprint density at radius 3 is 2.62 bits per heavy atom. The monoisotopic (exact) mass is 399 g/mol. The molecule has 2 heterocycles. The molecule has 0 fully saturated rings. The number of carbonyl (C=O) groups excluding carboxylic acids is 2. The van der Waals surface area contributed by atoms with Crippen LogP contribution in [-0.4, -0.2) is 11.6 Å². The van der Waals surface area contributed by atoms with Crippen LogP contribution >= 0.6 is 11.3 Å². The van der Waals surface area contributed by atoms with E-state index in [0.717, 1.165) is 41.8 Å². The maximum absolute atomic E-state index is 12.9. The summed E-state index contributed by atoms with van der Waals surface area (Å²) in [4.78, 5) is 27.0. The fourth-order valence-electron chi connectivity index (χ4n) is 4.38. The van der Waals surface area contributed by atoms with E-state index in [0.29, 0.717) is 17.5 Å². The molecule has 3 nitrogen and oxygen atoms in total. The molecule has 1 atom stereocenters. The number of carbonyl (C=O) groups is 2. The molecule has 1 aromatic heterocycles. The maximum Gasteiger partial charge on any atom is 0.193 e. The Morgan fingerprint density at radius 2 is 1.83 bits per heavy atom. The molecule has 0 saturated carbocycles. The number of rotatable bonds is 3. The van der Waals surface area contributed by atoms with Crippen LogP contribution in [0.3, 0.4) is 0 Å². The highest BCUT2D eigenvalue weighted by Crippen LogP contribution is 2.42. The van der Waals surface area contributed by atoms with Crippen LogP contribution in [0.2, 0.25) is 0 Å². The van der Waals surface area contributed by atoms with Gasteiger partial charge in [-0.1, -0.05) is 48.5 Å². The van der Waals surface area contributed by atoms with Crippen LogP contribution in [0.5, 0.6) is 0 Å². The highest BCUT2D eigenvalue weighted by molar-refractivity contribution is 7.10. The number of fused-ring (bicyclic) bond motifs is 1. The Labute approximate surface area is 174 Å². The van der Waals surface area contributed by atoms with E-state index in [1.54, 1.807) is 11.3 Å². The van der Waals surface area contributed by atoms with Gasteiger partial charge >= 0.3 is 0 Å². The zero-order valence-electron chi connectivity index (χ0n) is 16.0. The summed E-state index contributed by atoms with van der Waals surface area (Å²) < 4.78 is 0. The van der Waals surface area contributed by atoms with E-state index >= 15 is 0 Å². The molecule has 3 aromatic rings. The molecule has 0 amide bonds. The van der Waals surface area contributed by atoms with Crippen molar-refractivity contribution in [1.82, 2.24) is 0 Å². The van der Waals surface area contributed by atoms with Gasteiger partial charge in [-0.25, -0.2) is 0 Å². The third-order valence-electron chi connectivity index (χ3n) is 5.81. The van der Waals surface area contributed by atoms with Crippen molar-refractivity contribution < 1.29 is 9.59 Å². The van der Waals surface area contributed by atoms with Crippen LogP contribution < -0.4 is 5.32 Å². The molecule has 1 N–H and O–H groups in total. The average molecular weight is 400 g/mol. The second-order valence-electron chi connectivity index (χ2n) is 7.63. The molecule has 0 saturated heterocycles. The van der Waals surface area contributed by atoms with Gasteiger partial charge in [-0.15, -0.1) is 11.3 Å². The summed E-state index contributed by atoms with van der Waals surface area (Å²) in [6, 6.07) is 19.4. The van der Waals surface area contributed by atoms with Crippen LogP contribution in [0.1, 0.15) is 51.5 Å². The van der Waals surface area contributed by atoms with Crippen molar-refractivity contribution >= 4 is 28.6 Å². The highest BCUT2D eigenvalue weighted by atomic mass is 32.1. The van der Waals surface area contributed by atoms with Gasteiger partial charge in [-0.05, 0) is 42.3 Å². The Kier molecular flexibility index (Phi) is 4.64. The van der Waals surface area contributed by atoms with E-state index in [1.807, 2.05) is 54.6 Å². The lowest BCUT2D eigenvalue weighted by Crippen LogP contribution is -2.20.